The van der Waals surface area contributed by atoms with Crippen LogP contribution in [0.4, 0.5) is 22.7 Å². The summed E-state index contributed by atoms with van der Waals surface area (Å²) in [4.78, 5) is 10.3. The summed E-state index contributed by atoms with van der Waals surface area (Å²) in [7, 11) is 0. The van der Waals surface area contributed by atoms with Crippen molar-refractivity contribution in [3.63, 3.8) is 0 Å². The van der Waals surface area contributed by atoms with Gasteiger partial charge in [0.25, 0.3) is 0 Å². The maximum atomic E-state index is 7.44. The van der Waals surface area contributed by atoms with Gasteiger partial charge in [-0.05, 0) is 139 Å². The maximum Gasteiger partial charge on any atom is 0.137 e. The van der Waals surface area contributed by atoms with E-state index in [4.69, 9.17) is 9.72 Å². The zero-order valence-electron chi connectivity index (χ0n) is 53.1. The Morgan fingerprint density at radius 3 is 1.43 bits per heavy atom. The lowest BCUT2D eigenvalue weighted by molar-refractivity contribution is 0.483. The molecular weight excluding hydrogens is 1130 g/mol. The van der Waals surface area contributed by atoms with E-state index in [0.717, 1.165) is 72.7 Å². The van der Waals surface area contributed by atoms with Crippen molar-refractivity contribution < 1.29 is 4.74 Å². The SMILES string of the molecule is CC(C)(C)c1ccc(C2(c3ccnc(-n4c5ccccc5c5ccc(Oc6cc(N7CN(c8c(-c9ccccc9)cc(C(C)(C)C)cc8-c8ccccc8)c8ccccc87)cc(-n7c8ccccc8c8ccccc87)c6)cc54)c3)c3ccccc3-c3ccccc32)cc1. The third kappa shape index (κ3) is 9.02. The van der Waals surface area contributed by atoms with Crippen molar-refractivity contribution in [2.75, 3.05) is 16.5 Å². The van der Waals surface area contributed by atoms with Gasteiger partial charge in [0.15, 0.2) is 0 Å². The van der Waals surface area contributed by atoms with E-state index in [2.05, 4.69) is 352 Å². The monoisotopic (exact) mass is 1200 g/mol. The smallest absolute Gasteiger partial charge is 0.137 e. The van der Waals surface area contributed by atoms with Crippen molar-refractivity contribution in [1.82, 2.24) is 14.1 Å². The Morgan fingerprint density at radius 1 is 0.355 bits per heavy atom. The third-order valence-electron chi connectivity index (χ3n) is 19.6. The van der Waals surface area contributed by atoms with E-state index in [0.29, 0.717) is 18.2 Å². The molecule has 93 heavy (non-hydrogen) atoms. The third-order valence-corrected chi connectivity index (χ3v) is 19.6. The van der Waals surface area contributed by atoms with Crippen LogP contribution >= 0.6 is 0 Å². The molecule has 6 heteroatoms. The second-order valence-electron chi connectivity index (χ2n) is 27.1. The summed E-state index contributed by atoms with van der Waals surface area (Å²) in [6.07, 6.45) is 2.01. The average molecular weight is 1200 g/mol. The molecule has 0 spiro atoms. The molecule has 0 N–H and O–H groups in total. The second-order valence-corrected chi connectivity index (χ2v) is 27.1. The van der Waals surface area contributed by atoms with E-state index in [1.165, 1.54) is 72.0 Å². The van der Waals surface area contributed by atoms with Gasteiger partial charge in [0.1, 0.15) is 24.0 Å². The quantitative estimate of drug-likeness (QED) is 0.137. The highest BCUT2D eigenvalue weighted by Gasteiger charge is 2.46. The lowest BCUT2D eigenvalue weighted by Crippen LogP contribution is -2.29. The minimum Gasteiger partial charge on any atom is -0.457 e. The normalized spacial score (nSPS) is 13.5. The van der Waals surface area contributed by atoms with Crippen LogP contribution in [-0.4, -0.2) is 20.8 Å². The number of nitrogens with zero attached hydrogens (tertiary/aromatic N) is 5. The van der Waals surface area contributed by atoms with E-state index >= 15 is 0 Å². The number of pyridine rings is 1. The molecule has 4 heterocycles. The van der Waals surface area contributed by atoms with Gasteiger partial charge in [0.05, 0.1) is 50.2 Å². The van der Waals surface area contributed by atoms with Gasteiger partial charge in [-0.15, -0.1) is 0 Å². The number of benzene rings is 12. The number of ether oxygens (including phenoxy) is 1. The van der Waals surface area contributed by atoms with Gasteiger partial charge < -0.3 is 19.1 Å². The molecule has 0 saturated heterocycles. The second kappa shape index (κ2) is 21.5. The van der Waals surface area contributed by atoms with Crippen LogP contribution in [0, 0.1) is 0 Å². The molecule has 1 aliphatic heterocycles. The first-order valence-electron chi connectivity index (χ1n) is 32.4. The molecule has 0 amide bonds. The summed E-state index contributed by atoms with van der Waals surface area (Å²) < 4.78 is 12.2. The van der Waals surface area contributed by atoms with E-state index < -0.39 is 5.41 Å². The Bertz CT molecular complexity index is 5270. The Kier molecular flexibility index (Phi) is 12.9. The predicted molar refractivity (Wildman–Crippen MR) is 387 cm³/mol. The first-order valence-corrected chi connectivity index (χ1v) is 32.4. The number of hydrogen-bond donors (Lipinski definition) is 0. The fourth-order valence-corrected chi connectivity index (χ4v) is 15.2. The summed E-state index contributed by atoms with van der Waals surface area (Å²) in [5.41, 5.74) is 23.7. The predicted octanol–water partition coefficient (Wildman–Crippen LogP) is 22.6. The minimum absolute atomic E-state index is 0.000873. The highest BCUT2D eigenvalue weighted by Crippen LogP contribution is 2.57. The largest absolute Gasteiger partial charge is 0.457 e. The first kappa shape index (κ1) is 55.8. The number of hydrogen-bond acceptors (Lipinski definition) is 4. The van der Waals surface area contributed by atoms with Crippen LogP contribution in [0.3, 0.4) is 0 Å². The minimum atomic E-state index is -0.619. The molecule has 0 unspecified atom stereocenters. The van der Waals surface area contributed by atoms with Crippen LogP contribution in [0.25, 0.3) is 88.5 Å². The molecule has 6 nitrogen and oxygen atoms in total. The van der Waals surface area contributed by atoms with Crippen molar-refractivity contribution in [2.45, 2.75) is 57.8 Å². The van der Waals surface area contributed by atoms with Gasteiger partial charge >= 0.3 is 0 Å². The van der Waals surface area contributed by atoms with Crippen molar-refractivity contribution in [1.29, 1.82) is 0 Å². The Morgan fingerprint density at radius 2 is 0.849 bits per heavy atom. The molecule has 2 aliphatic rings. The standard InChI is InChI=1S/C87H69N5O/c1-85(2,3)59-41-43-60(44-42-59)87(75-34-18-13-29-67(75)68-30-14-19-35-76(68)87)61-47-48-88-83(51-61)92-79-38-22-17-33-71(79)72-46-45-65(55-82(72)92)93-66-53-63(52-64(54-66)91-77-36-20-15-31-69(77)70-32-16-21-37-78(70)91)89-56-90(81-40-24-23-39-80(81)89)84-73(57-25-9-7-10-26-57)49-62(86(4,5)6)50-74(84)58-27-11-8-12-28-58/h7-55H,56H2,1-6H3. The number of para-hydroxylation sites is 5. The molecule has 0 atom stereocenters. The van der Waals surface area contributed by atoms with Gasteiger partial charge in [0, 0.05) is 62.8 Å². The van der Waals surface area contributed by atoms with Crippen LogP contribution in [0.2, 0.25) is 0 Å². The van der Waals surface area contributed by atoms with Crippen LogP contribution in [-0.2, 0) is 16.2 Å². The van der Waals surface area contributed by atoms with E-state index in [-0.39, 0.29) is 10.8 Å². The van der Waals surface area contributed by atoms with Gasteiger partial charge in [-0.3, -0.25) is 4.57 Å². The molecule has 12 aromatic carbocycles. The molecule has 0 fully saturated rings. The summed E-state index contributed by atoms with van der Waals surface area (Å²) in [5.74, 6) is 2.25. The number of aromatic nitrogens is 3. The fraction of sp³-hybridized carbons (Fsp3) is 0.115. The van der Waals surface area contributed by atoms with Crippen molar-refractivity contribution in [3.8, 4) is 56.4 Å². The molecule has 17 rings (SSSR count). The lowest BCUT2D eigenvalue weighted by Gasteiger charge is -2.34. The van der Waals surface area contributed by atoms with Crippen molar-refractivity contribution >= 4 is 66.4 Å². The summed E-state index contributed by atoms with van der Waals surface area (Å²) in [6, 6.07) is 107. The van der Waals surface area contributed by atoms with Crippen LogP contribution < -0.4 is 14.5 Å². The molecule has 3 aromatic heterocycles. The molecule has 448 valence electrons. The van der Waals surface area contributed by atoms with Crippen molar-refractivity contribution in [2.24, 2.45) is 0 Å². The van der Waals surface area contributed by atoms with E-state index in [1.807, 2.05) is 6.20 Å². The molecular formula is C87H69N5O. The number of anilines is 4. The van der Waals surface area contributed by atoms with Crippen LogP contribution in [0.1, 0.15) is 74.9 Å². The average Bonchev–Trinajstić information content (AvgIpc) is 1.40. The number of fused-ring (bicyclic) bond motifs is 10. The molecule has 15 aromatic rings. The highest BCUT2D eigenvalue weighted by molar-refractivity contribution is 6.11. The summed E-state index contributed by atoms with van der Waals surface area (Å²) in [5, 5.41) is 4.65. The van der Waals surface area contributed by atoms with E-state index in [1.54, 1.807) is 0 Å². The van der Waals surface area contributed by atoms with Crippen molar-refractivity contribution in [3.05, 3.63) is 331 Å². The van der Waals surface area contributed by atoms with E-state index in [9.17, 15) is 0 Å². The van der Waals surface area contributed by atoms with Gasteiger partial charge in [0.2, 0.25) is 0 Å². The zero-order chi connectivity index (χ0) is 62.7. The Balaban J connectivity index is 0.837. The lowest BCUT2D eigenvalue weighted by atomic mass is 9.67. The molecule has 1 aliphatic carbocycles. The number of rotatable bonds is 10. The molecule has 0 bridgehead atoms. The summed E-state index contributed by atoms with van der Waals surface area (Å²) in [6.45, 7) is 14.3. The van der Waals surface area contributed by atoms with Gasteiger partial charge in [-0.1, -0.05) is 242 Å². The topological polar surface area (TPSA) is 38.5 Å². The Hall–Kier alpha value is -11.2. The molecule has 0 radical (unpaired) electrons. The maximum absolute atomic E-state index is 7.44. The molecule has 0 saturated carbocycles. The highest BCUT2D eigenvalue weighted by atomic mass is 16.5. The first-order chi connectivity index (χ1) is 45.4. The zero-order valence-corrected chi connectivity index (χ0v) is 53.1. The fourth-order valence-electron chi connectivity index (χ4n) is 15.2. The van der Waals surface area contributed by atoms with Gasteiger partial charge in [-0.25, -0.2) is 4.98 Å². The van der Waals surface area contributed by atoms with Crippen LogP contribution in [0.15, 0.2) is 297 Å². The van der Waals surface area contributed by atoms with Gasteiger partial charge in [-0.2, -0.15) is 0 Å². The Labute approximate surface area is 543 Å². The van der Waals surface area contributed by atoms with Crippen LogP contribution in [0.5, 0.6) is 11.5 Å². The summed E-state index contributed by atoms with van der Waals surface area (Å²) >= 11 is 0.